The van der Waals surface area contributed by atoms with Crippen molar-refractivity contribution in [3.05, 3.63) is 48.1 Å². The van der Waals surface area contributed by atoms with E-state index in [9.17, 15) is 17.6 Å². The molecule has 0 spiro atoms. The Bertz CT molecular complexity index is 1870. The summed E-state index contributed by atoms with van der Waals surface area (Å²) in [4.78, 5) is 17.6. The fourth-order valence-electron chi connectivity index (χ4n) is 8.04. The lowest BCUT2D eigenvalue weighted by molar-refractivity contribution is 0.107. The molecule has 7 heterocycles. The number of nitrogens with two attached hydrogens (primary N) is 1. The lowest BCUT2D eigenvalue weighted by Crippen LogP contribution is -2.52. The quantitative estimate of drug-likeness (QED) is 0.242. The van der Waals surface area contributed by atoms with Gasteiger partial charge >= 0.3 is 6.01 Å². The molecule has 0 aliphatic carbocycles. The highest BCUT2D eigenvalue weighted by Crippen LogP contribution is 2.43. The van der Waals surface area contributed by atoms with E-state index in [1.54, 1.807) is 12.1 Å². The summed E-state index contributed by atoms with van der Waals surface area (Å²) in [5.74, 6) is -0.653. The van der Waals surface area contributed by atoms with Crippen LogP contribution in [0.15, 0.2) is 36.4 Å². The average molecular weight is 658 g/mol. The number of benzene rings is 2. The number of piperidine rings is 1. The molecule has 0 radical (unpaired) electrons. The van der Waals surface area contributed by atoms with E-state index < -0.39 is 35.0 Å². The van der Waals surface area contributed by atoms with Crippen LogP contribution < -0.4 is 20.7 Å². The maximum atomic E-state index is 16.7. The van der Waals surface area contributed by atoms with E-state index in [0.717, 1.165) is 43.2 Å². The van der Waals surface area contributed by atoms with Crippen LogP contribution in [-0.2, 0) is 0 Å². The predicted molar refractivity (Wildman–Crippen MR) is 167 cm³/mol. The molecular weight excluding hydrogens is 625 g/mol. The molecule has 46 heavy (non-hydrogen) atoms. The minimum Gasteiger partial charge on any atom is -0.461 e. The van der Waals surface area contributed by atoms with Crippen LogP contribution in [0.2, 0.25) is 0 Å². The first kappa shape index (κ1) is 29.8. The van der Waals surface area contributed by atoms with Gasteiger partial charge in [0.2, 0.25) is 0 Å². The number of aromatic nitrogens is 3. The minimum atomic E-state index is -1.77. The number of thiazole rings is 1. The maximum absolute atomic E-state index is 16.7. The van der Waals surface area contributed by atoms with Crippen LogP contribution in [0.3, 0.4) is 0 Å². The molecule has 5 saturated heterocycles. The van der Waals surface area contributed by atoms with Crippen molar-refractivity contribution < 1.29 is 26.7 Å². The summed E-state index contributed by atoms with van der Waals surface area (Å²) in [6.07, 6.45) is 1.56. The lowest BCUT2D eigenvalue weighted by Gasteiger charge is -2.35. The van der Waals surface area contributed by atoms with Crippen LogP contribution in [0.1, 0.15) is 32.1 Å². The van der Waals surface area contributed by atoms with E-state index in [0.29, 0.717) is 49.2 Å². The number of fused-ring (bicyclic) bond motifs is 7. The topological polar surface area (TPSA) is 92.4 Å². The van der Waals surface area contributed by atoms with Crippen molar-refractivity contribution in [3.8, 4) is 17.1 Å². The van der Waals surface area contributed by atoms with E-state index in [-0.39, 0.29) is 51.5 Å². The number of halogens is 5. The standard InChI is InChI=1S/C32H32F5N7OS/c33-18-10-32(7-1-9-44(32)14-18)16-45-30-41-25-21(28(42-30)43-13-17-6-8-31(15-43,39-12-17)11-23(35)36)3-2-19(24(25)37)20-4-5-22(34)27-26(20)40-29(38)46-27/h2-5,11,17-18,39H,1,6-10,12-16H2,(H2,38,40)/t17-,18-,31-,32?/m1/s1. The third kappa shape index (κ3) is 4.96. The second-order valence-electron chi connectivity index (χ2n) is 13.1. The number of nitrogens with zero attached hydrogens (tertiary/aromatic N) is 5. The molecule has 0 saturated carbocycles. The van der Waals surface area contributed by atoms with Gasteiger partial charge in [-0.1, -0.05) is 17.4 Å². The Morgan fingerprint density at radius 3 is 2.74 bits per heavy atom. The van der Waals surface area contributed by atoms with Gasteiger partial charge in [0, 0.05) is 55.2 Å². The van der Waals surface area contributed by atoms with Gasteiger partial charge in [-0.15, -0.1) is 0 Å². The molecule has 14 heteroatoms. The van der Waals surface area contributed by atoms with Gasteiger partial charge < -0.3 is 20.7 Å². The molecule has 3 N–H and O–H groups in total. The van der Waals surface area contributed by atoms with Crippen LogP contribution in [0, 0.1) is 17.6 Å². The van der Waals surface area contributed by atoms with Crippen LogP contribution >= 0.6 is 11.3 Å². The van der Waals surface area contributed by atoms with Crippen LogP contribution in [-0.4, -0.2) is 76.4 Å². The van der Waals surface area contributed by atoms with Gasteiger partial charge in [-0.05, 0) is 56.3 Å². The van der Waals surface area contributed by atoms with E-state index >= 15 is 4.39 Å². The summed E-state index contributed by atoms with van der Waals surface area (Å²) in [5, 5.41) is 3.85. The summed E-state index contributed by atoms with van der Waals surface area (Å²) >= 11 is 0.981. The van der Waals surface area contributed by atoms with Crippen molar-refractivity contribution in [2.24, 2.45) is 5.92 Å². The molecule has 2 aromatic carbocycles. The number of hydrogen-bond acceptors (Lipinski definition) is 9. The molecule has 242 valence electrons. The molecule has 5 aliphatic rings. The summed E-state index contributed by atoms with van der Waals surface area (Å²) in [6, 6.07) is 5.90. The van der Waals surface area contributed by atoms with Crippen molar-refractivity contribution in [1.29, 1.82) is 0 Å². The van der Waals surface area contributed by atoms with E-state index in [1.165, 1.54) is 12.1 Å². The smallest absolute Gasteiger partial charge is 0.319 e. The third-order valence-electron chi connectivity index (χ3n) is 10.2. The predicted octanol–water partition coefficient (Wildman–Crippen LogP) is 6.06. The van der Waals surface area contributed by atoms with E-state index in [4.69, 9.17) is 15.5 Å². The Kier molecular flexibility index (Phi) is 7.11. The summed E-state index contributed by atoms with van der Waals surface area (Å²) in [7, 11) is 0. The number of hydrogen-bond donors (Lipinski definition) is 2. The number of rotatable bonds is 6. The number of nitrogen functional groups attached to an aromatic ring is 1. The molecule has 1 unspecified atom stereocenters. The van der Waals surface area contributed by atoms with Crippen molar-refractivity contribution in [2.75, 3.05) is 50.0 Å². The Labute approximate surface area is 265 Å². The Balaban J connectivity index is 1.26. The Morgan fingerprint density at radius 1 is 1.09 bits per heavy atom. The van der Waals surface area contributed by atoms with Crippen molar-refractivity contribution in [1.82, 2.24) is 25.2 Å². The number of alkyl halides is 1. The van der Waals surface area contributed by atoms with Gasteiger partial charge in [0.15, 0.2) is 10.9 Å². The number of nitrogens with one attached hydrogen (secondary N) is 1. The van der Waals surface area contributed by atoms with Gasteiger partial charge in [0.1, 0.15) is 29.9 Å². The van der Waals surface area contributed by atoms with E-state index in [1.807, 2.05) is 4.90 Å². The zero-order valence-electron chi connectivity index (χ0n) is 24.8. The zero-order chi connectivity index (χ0) is 31.8. The minimum absolute atomic E-state index is 0.0282. The third-order valence-corrected chi connectivity index (χ3v) is 11.1. The highest BCUT2D eigenvalue weighted by Gasteiger charge is 2.49. The Hall–Kier alpha value is -3.62. The fourth-order valence-corrected chi connectivity index (χ4v) is 8.81. The maximum Gasteiger partial charge on any atom is 0.319 e. The fraction of sp³-hybridized carbons (Fsp3) is 0.469. The molecule has 5 fully saturated rings. The largest absolute Gasteiger partial charge is 0.461 e. The van der Waals surface area contributed by atoms with Crippen LogP contribution in [0.25, 0.3) is 32.2 Å². The molecule has 2 aromatic heterocycles. The molecular formula is C32H32F5N7OS. The monoisotopic (exact) mass is 657 g/mol. The molecule has 5 aliphatic heterocycles. The number of anilines is 2. The van der Waals surface area contributed by atoms with Crippen molar-refractivity contribution in [3.63, 3.8) is 0 Å². The number of ether oxygens (including phenoxy) is 1. The highest BCUT2D eigenvalue weighted by molar-refractivity contribution is 7.22. The molecule has 0 amide bonds. The van der Waals surface area contributed by atoms with Gasteiger partial charge in [-0.3, -0.25) is 4.90 Å². The molecule has 9 rings (SSSR count). The van der Waals surface area contributed by atoms with Gasteiger partial charge in [-0.2, -0.15) is 18.7 Å². The van der Waals surface area contributed by atoms with Crippen molar-refractivity contribution >= 4 is 43.4 Å². The second-order valence-corrected chi connectivity index (χ2v) is 14.1. The molecule has 2 bridgehead atoms. The van der Waals surface area contributed by atoms with Gasteiger partial charge in [0.05, 0.1) is 21.3 Å². The van der Waals surface area contributed by atoms with Crippen LogP contribution in [0.5, 0.6) is 6.01 Å². The first-order valence-corrected chi connectivity index (χ1v) is 16.3. The Morgan fingerprint density at radius 2 is 1.93 bits per heavy atom. The first-order chi connectivity index (χ1) is 22.1. The lowest BCUT2D eigenvalue weighted by atomic mass is 9.86. The molecule has 4 atom stereocenters. The average Bonchev–Trinajstić information content (AvgIpc) is 3.60. The van der Waals surface area contributed by atoms with Gasteiger partial charge in [-0.25, -0.2) is 18.2 Å². The van der Waals surface area contributed by atoms with E-state index in [2.05, 4.69) is 20.2 Å². The SMILES string of the molecule is Nc1nc2c(-c3ccc4c(N5C[C@@H]6CC[C@@](C=C(F)F)(C5)NC6)nc(OCC56CCCN5C[C@H](F)C6)nc4c3F)ccc(F)c2s1. The normalized spacial score (nSPS) is 27.8. The summed E-state index contributed by atoms with van der Waals surface area (Å²) in [5.41, 5.74) is 5.14. The summed E-state index contributed by atoms with van der Waals surface area (Å²) < 4.78 is 79.6. The zero-order valence-corrected chi connectivity index (χ0v) is 25.7. The van der Waals surface area contributed by atoms with Crippen LogP contribution in [0.4, 0.5) is 32.9 Å². The first-order valence-electron chi connectivity index (χ1n) is 15.5. The molecule has 4 aromatic rings. The van der Waals surface area contributed by atoms with Gasteiger partial charge in [0.25, 0.3) is 6.08 Å². The summed E-state index contributed by atoms with van der Waals surface area (Å²) in [6.45, 7) is 2.53. The highest BCUT2D eigenvalue weighted by atomic mass is 32.1. The van der Waals surface area contributed by atoms with Crippen molar-refractivity contribution in [2.45, 2.75) is 49.4 Å². The second kappa shape index (κ2) is 11.0. The molecule has 8 nitrogen and oxygen atoms in total.